The maximum Gasteiger partial charge on any atom is 0.283 e. The summed E-state index contributed by atoms with van der Waals surface area (Å²) < 4.78 is 41.9. The maximum absolute atomic E-state index is 13.6. The van der Waals surface area contributed by atoms with Crippen molar-refractivity contribution in [1.29, 1.82) is 0 Å². The fourth-order valence-corrected chi connectivity index (χ4v) is 5.92. The average Bonchev–Trinajstić information content (AvgIpc) is 3.56. The van der Waals surface area contributed by atoms with Crippen molar-refractivity contribution in [2.75, 3.05) is 36.0 Å². The van der Waals surface area contributed by atoms with Crippen molar-refractivity contribution in [2.24, 2.45) is 5.41 Å². The van der Waals surface area contributed by atoms with Crippen LogP contribution in [-0.4, -0.2) is 56.9 Å². The molecule has 5 heterocycles. The molecule has 35 heavy (non-hydrogen) atoms. The van der Waals surface area contributed by atoms with Crippen molar-refractivity contribution >= 4 is 23.4 Å². The van der Waals surface area contributed by atoms with E-state index in [9.17, 15) is 13.2 Å². The smallest absolute Gasteiger partial charge is 0.283 e. The molecule has 0 amide bonds. The van der Waals surface area contributed by atoms with Crippen molar-refractivity contribution < 1.29 is 13.2 Å². The second-order valence-corrected chi connectivity index (χ2v) is 10.6. The summed E-state index contributed by atoms with van der Waals surface area (Å²) in [5.74, 6) is 1.18. The van der Waals surface area contributed by atoms with Gasteiger partial charge in [-0.1, -0.05) is 11.6 Å². The normalized spacial score (nSPS) is 20.9. The number of hydrogen-bond donors (Lipinski definition) is 0. The van der Waals surface area contributed by atoms with Gasteiger partial charge < -0.3 is 9.80 Å². The lowest BCUT2D eigenvalue weighted by atomic mass is 9.73. The lowest BCUT2D eigenvalue weighted by Gasteiger charge is -2.60. The van der Waals surface area contributed by atoms with Crippen LogP contribution >= 0.6 is 11.6 Å². The van der Waals surface area contributed by atoms with Crippen LogP contribution in [0.5, 0.6) is 0 Å². The van der Waals surface area contributed by atoms with Crippen LogP contribution < -0.4 is 9.80 Å². The Morgan fingerprint density at radius 3 is 2.49 bits per heavy atom. The van der Waals surface area contributed by atoms with Crippen LogP contribution in [0.15, 0.2) is 30.3 Å². The standard InChI is InChI=1S/C24H23ClF3N7/c25-15-1-5-18-14(7-15)8-32(16-2-3-16)9-20-30-31-23(35(18)20)34-12-24(13-34)10-33(11-24)19-6-4-17(26)21(29-19)22(27)28/h1,4-7,16,22H,2-3,8-13H2. The van der Waals surface area contributed by atoms with Gasteiger partial charge in [0.2, 0.25) is 5.95 Å². The quantitative estimate of drug-likeness (QED) is 0.534. The van der Waals surface area contributed by atoms with E-state index in [0.29, 0.717) is 24.9 Å². The van der Waals surface area contributed by atoms with Gasteiger partial charge in [-0.25, -0.2) is 18.2 Å². The Hall–Kier alpha value is -2.85. The summed E-state index contributed by atoms with van der Waals surface area (Å²) >= 11 is 6.34. The van der Waals surface area contributed by atoms with Gasteiger partial charge in [-0.2, -0.15) is 0 Å². The predicted octanol–water partition coefficient (Wildman–Crippen LogP) is 4.20. The lowest BCUT2D eigenvalue weighted by molar-refractivity contribution is 0.138. The van der Waals surface area contributed by atoms with E-state index in [4.69, 9.17) is 11.6 Å². The molecule has 1 aliphatic carbocycles. The number of benzene rings is 1. The number of pyridine rings is 1. The Bertz CT molecular complexity index is 1310. The van der Waals surface area contributed by atoms with E-state index >= 15 is 0 Å². The third-order valence-corrected chi connectivity index (χ3v) is 7.79. The van der Waals surface area contributed by atoms with Gasteiger partial charge in [0.25, 0.3) is 6.43 Å². The Morgan fingerprint density at radius 2 is 1.74 bits per heavy atom. The Morgan fingerprint density at radius 1 is 0.971 bits per heavy atom. The molecule has 1 saturated carbocycles. The molecule has 0 atom stereocenters. The molecule has 1 spiro atoms. The molecule has 182 valence electrons. The second-order valence-electron chi connectivity index (χ2n) is 10.2. The molecule has 0 radical (unpaired) electrons. The van der Waals surface area contributed by atoms with Gasteiger partial charge in [0.1, 0.15) is 11.5 Å². The molecule has 11 heteroatoms. The van der Waals surface area contributed by atoms with Gasteiger partial charge in [-0.3, -0.25) is 9.47 Å². The molecule has 0 bridgehead atoms. The number of fused-ring (bicyclic) bond motifs is 3. The van der Waals surface area contributed by atoms with Crippen LogP contribution in [0, 0.1) is 11.2 Å². The van der Waals surface area contributed by atoms with Crippen molar-refractivity contribution in [3.8, 4) is 5.69 Å². The van der Waals surface area contributed by atoms with Crippen LogP contribution in [0.25, 0.3) is 5.69 Å². The topological polar surface area (TPSA) is 53.3 Å². The first-order valence-corrected chi connectivity index (χ1v) is 12.2. The summed E-state index contributed by atoms with van der Waals surface area (Å²) in [6.45, 7) is 4.55. The summed E-state index contributed by atoms with van der Waals surface area (Å²) in [6, 6.07) is 9.12. The van der Waals surface area contributed by atoms with E-state index in [-0.39, 0.29) is 5.41 Å². The van der Waals surface area contributed by atoms with Crippen molar-refractivity contribution in [2.45, 2.75) is 38.4 Å². The van der Waals surface area contributed by atoms with Crippen molar-refractivity contribution in [3.63, 3.8) is 0 Å². The highest BCUT2D eigenvalue weighted by Gasteiger charge is 2.53. The van der Waals surface area contributed by atoms with Crippen molar-refractivity contribution in [3.05, 3.63) is 58.3 Å². The first-order chi connectivity index (χ1) is 16.9. The minimum atomic E-state index is -2.93. The fourth-order valence-electron chi connectivity index (χ4n) is 5.72. The molecule has 0 unspecified atom stereocenters. The van der Waals surface area contributed by atoms with Gasteiger partial charge in [-0.15, -0.1) is 10.2 Å². The first-order valence-electron chi connectivity index (χ1n) is 11.8. The number of halogens is 4. The van der Waals surface area contributed by atoms with Crippen molar-refractivity contribution in [1.82, 2.24) is 24.6 Å². The zero-order valence-electron chi connectivity index (χ0n) is 18.8. The molecule has 3 aliphatic heterocycles. The zero-order valence-corrected chi connectivity index (χ0v) is 19.6. The minimum absolute atomic E-state index is 0.0427. The van der Waals surface area contributed by atoms with Gasteiger partial charge in [0.15, 0.2) is 11.6 Å². The van der Waals surface area contributed by atoms with Gasteiger partial charge in [0, 0.05) is 49.2 Å². The maximum atomic E-state index is 13.6. The van der Waals surface area contributed by atoms with E-state index in [1.54, 1.807) is 0 Å². The van der Waals surface area contributed by atoms with E-state index in [2.05, 4.69) is 29.5 Å². The van der Waals surface area contributed by atoms with E-state index < -0.39 is 17.9 Å². The van der Waals surface area contributed by atoms with Crippen LogP contribution in [0.3, 0.4) is 0 Å². The molecule has 2 aromatic heterocycles. The Kier molecular flexibility index (Phi) is 4.64. The highest BCUT2D eigenvalue weighted by molar-refractivity contribution is 6.30. The monoisotopic (exact) mass is 501 g/mol. The second kappa shape index (κ2) is 7.57. The number of aromatic nitrogens is 4. The minimum Gasteiger partial charge on any atom is -0.355 e. The summed E-state index contributed by atoms with van der Waals surface area (Å²) in [5.41, 5.74) is 1.50. The van der Waals surface area contributed by atoms with Crippen LogP contribution in [-0.2, 0) is 13.1 Å². The largest absolute Gasteiger partial charge is 0.355 e. The number of rotatable bonds is 4. The lowest BCUT2D eigenvalue weighted by Crippen LogP contribution is -2.73. The summed E-state index contributed by atoms with van der Waals surface area (Å²) in [4.78, 5) is 10.5. The third kappa shape index (κ3) is 3.48. The molecular weight excluding hydrogens is 479 g/mol. The first kappa shape index (κ1) is 21.4. The molecule has 1 aromatic carbocycles. The molecular formula is C24H23ClF3N7. The van der Waals surface area contributed by atoms with Crippen LogP contribution in [0.2, 0.25) is 5.02 Å². The predicted molar refractivity (Wildman–Crippen MR) is 125 cm³/mol. The van der Waals surface area contributed by atoms with Gasteiger partial charge in [0.05, 0.1) is 12.2 Å². The molecule has 7 rings (SSSR count). The average molecular weight is 502 g/mol. The molecule has 2 saturated heterocycles. The number of alkyl halides is 2. The fraction of sp³-hybridized carbons (Fsp3) is 0.458. The van der Waals surface area contributed by atoms with E-state index in [1.165, 1.54) is 24.5 Å². The Labute approximate surface area is 205 Å². The highest BCUT2D eigenvalue weighted by atomic mass is 35.5. The molecule has 3 fully saturated rings. The van der Waals surface area contributed by atoms with E-state index in [0.717, 1.165) is 54.7 Å². The third-order valence-electron chi connectivity index (χ3n) is 7.55. The van der Waals surface area contributed by atoms with Crippen LogP contribution in [0.1, 0.15) is 36.3 Å². The van der Waals surface area contributed by atoms with Crippen LogP contribution in [0.4, 0.5) is 24.9 Å². The SMILES string of the molecule is Fc1ccc(N2CC3(C2)CN(c2nnc4n2-c2ccc(Cl)cc2CN(C2CC2)C4)C3)nc1C(F)F. The molecule has 4 aliphatic rings. The highest BCUT2D eigenvalue weighted by Crippen LogP contribution is 2.44. The summed E-state index contributed by atoms with van der Waals surface area (Å²) in [7, 11) is 0. The molecule has 0 N–H and O–H groups in total. The van der Waals surface area contributed by atoms with E-state index in [1.807, 2.05) is 23.1 Å². The summed E-state index contributed by atoms with van der Waals surface area (Å²) in [5, 5.41) is 9.85. The van der Waals surface area contributed by atoms with Gasteiger partial charge in [-0.05, 0) is 48.7 Å². The Balaban J connectivity index is 1.11. The number of anilines is 2. The number of nitrogens with zero attached hydrogens (tertiary/aromatic N) is 7. The zero-order chi connectivity index (χ0) is 23.9. The number of hydrogen-bond acceptors (Lipinski definition) is 6. The summed E-state index contributed by atoms with van der Waals surface area (Å²) in [6.07, 6.45) is -0.505. The molecule has 7 nitrogen and oxygen atoms in total. The van der Waals surface area contributed by atoms with Gasteiger partial charge >= 0.3 is 0 Å². The molecule has 3 aromatic rings.